The molecule has 0 atom stereocenters. The average molecular weight is 224 g/mol. The van der Waals surface area contributed by atoms with E-state index < -0.39 is 9.84 Å². The minimum absolute atomic E-state index is 0.0249. The van der Waals surface area contributed by atoms with Crippen molar-refractivity contribution in [3.63, 3.8) is 0 Å². The predicted octanol–water partition coefficient (Wildman–Crippen LogP) is 1.42. The van der Waals surface area contributed by atoms with Crippen LogP contribution < -0.4 is 0 Å². The quantitative estimate of drug-likeness (QED) is 0.676. The van der Waals surface area contributed by atoms with Gasteiger partial charge in [0, 0.05) is 6.20 Å². The Morgan fingerprint density at radius 1 is 1.70 bits per heavy atom. The fourth-order valence-corrected chi connectivity index (χ4v) is 2.36. The van der Waals surface area contributed by atoms with E-state index in [9.17, 15) is 8.42 Å². The van der Waals surface area contributed by atoms with Crippen LogP contribution in [0.15, 0.2) is 16.1 Å². The van der Waals surface area contributed by atoms with Gasteiger partial charge in [0.1, 0.15) is 0 Å². The molecule has 1 aliphatic rings. The summed E-state index contributed by atoms with van der Waals surface area (Å²) >= 11 is 2.85. The molecule has 56 valence electrons. The van der Waals surface area contributed by atoms with Gasteiger partial charge in [-0.2, -0.15) is 0 Å². The van der Waals surface area contributed by atoms with Crippen molar-refractivity contribution in [2.45, 2.75) is 13.3 Å². The highest BCUT2D eigenvalue weighted by Gasteiger charge is 2.25. The van der Waals surface area contributed by atoms with Gasteiger partial charge in [0.05, 0.1) is 4.91 Å². The van der Waals surface area contributed by atoms with Gasteiger partial charge in [-0.05, 0) is 22.4 Å². The van der Waals surface area contributed by atoms with E-state index in [1.165, 1.54) is 6.20 Å². The van der Waals surface area contributed by atoms with Gasteiger partial charge in [-0.25, -0.2) is 13.4 Å². The maximum absolute atomic E-state index is 11.1. The molecule has 0 aromatic heterocycles. The minimum atomic E-state index is -3.19. The fourth-order valence-electron chi connectivity index (χ4n) is 0.651. The Morgan fingerprint density at radius 2 is 2.30 bits per heavy atom. The van der Waals surface area contributed by atoms with Crippen molar-refractivity contribution in [3.8, 4) is 0 Å². The first-order valence-electron chi connectivity index (χ1n) is 2.76. The fraction of sp³-hybridized carbons (Fsp3) is 0.400. The van der Waals surface area contributed by atoms with Crippen molar-refractivity contribution in [3.05, 3.63) is 11.1 Å². The van der Waals surface area contributed by atoms with Gasteiger partial charge in [-0.3, -0.25) is 0 Å². The van der Waals surface area contributed by atoms with Gasteiger partial charge in [0.2, 0.25) is 13.8 Å². The first-order valence-corrected chi connectivity index (χ1v) is 5.04. The zero-order valence-corrected chi connectivity index (χ0v) is 7.74. The van der Waals surface area contributed by atoms with Crippen LogP contribution >= 0.6 is 15.9 Å². The Labute approximate surface area is 67.9 Å². The smallest absolute Gasteiger partial charge is 0.228 e. The molecule has 0 aromatic rings. The second-order valence-electron chi connectivity index (χ2n) is 1.83. The minimum Gasteiger partial charge on any atom is -0.236 e. The zero-order chi connectivity index (χ0) is 7.78. The lowest BCUT2D eigenvalue weighted by Crippen LogP contribution is -2.05. The largest absolute Gasteiger partial charge is 0.236 e. The molecule has 0 radical (unpaired) electrons. The maximum Gasteiger partial charge on any atom is 0.228 e. The molecule has 5 heteroatoms. The van der Waals surface area contributed by atoms with Crippen molar-refractivity contribution in [1.29, 1.82) is 0 Å². The maximum atomic E-state index is 11.1. The molecule has 0 saturated carbocycles. The second kappa shape index (κ2) is 2.47. The van der Waals surface area contributed by atoms with E-state index in [4.69, 9.17) is 0 Å². The van der Waals surface area contributed by atoms with E-state index >= 15 is 0 Å². The molecule has 0 aromatic carbocycles. The van der Waals surface area contributed by atoms with E-state index in [1.54, 1.807) is 6.92 Å². The number of hydrogen-bond donors (Lipinski definition) is 0. The zero-order valence-electron chi connectivity index (χ0n) is 5.33. The molecule has 1 aliphatic heterocycles. The van der Waals surface area contributed by atoms with E-state index in [0.29, 0.717) is 11.3 Å². The third-order valence-electron chi connectivity index (χ3n) is 1.23. The van der Waals surface area contributed by atoms with Crippen LogP contribution in [0.4, 0.5) is 0 Å². The molecular weight excluding hydrogens is 218 g/mol. The molecule has 1 heterocycles. The average Bonchev–Trinajstić information content (AvgIpc) is 2.10. The number of nitrogens with zero attached hydrogens (tertiary/aromatic N) is 1. The van der Waals surface area contributed by atoms with E-state index in [-0.39, 0.29) is 3.95 Å². The van der Waals surface area contributed by atoms with Crippen LogP contribution in [0.25, 0.3) is 0 Å². The van der Waals surface area contributed by atoms with Crippen LogP contribution in [0.1, 0.15) is 13.3 Å². The molecule has 0 unspecified atom stereocenters. The van der Waals surface area contributed by atoms with Gasteiger partial charge in [0.15, 0.2) is 0 Å². The molecule has 0 aliphatic carbocycles. The lowest BCUT2D eigenvalue weighted by molar-refractivity contribution is 0.612. The van der Waals surface area contributed by atoms with Gasteiger partial charge in [-0.1, -0.05) is 6.92 Å². The summed E-state index contributed by atoms with van der Waals surface area (Å²) < 4.78 is 22.2. The van der Waals surface area contributed by atoms with E-state index in [1.807, 2.05) is 0 Å². The standard InChI is InChI=1S/C5H6BrNO2S/c1-2-4-3-7-5(6)10(4,8)9/h3H,2H2,1H3. The van der Waals surface area contributed by atoms with Crippen molar-refractivity contribution in [2.24, 2.45) is 4.99 Å². The summed E-state index contributed by atoms with van der Waals surface area (Å²) in [4.78, 5) is 4.00. The lowest BCUT2D eigenvalue weighted by Gasteiger charge is -1.94. The Balaban J connectivity index is 3.14. The monoisotopic (exact) mass is 223 g/mol. The molecule has 10 heavy (non-hydrogen) atoms. The summed E-state index contributed by atoms with van der Waals surface area (Å²) in [6.07, 6.45) is 1.88. The summed E-state index contributed by atoms with van der Waals surface area (Å²) in [5.74, 6) is 0. The van der Waals surface area contributed by atoms with Crippen LogP contribution in [0.5, 0.6) is 0 Å². The Bertz CT molecular complexity index is 302. The Hall–Kier alpha value is -0.160. The van der Waals surface area contributed by atoms with Crippen LogP contribution in [0.2, 0.25) is 0 Å². The number of halogens is 1. The highest BCUT2D eigenvalue weighted by molar-refractivity contribution is 9.21. The third kappa shape index (κ3) is 1.03. The molecule has 0 N–H and O–H groups in total. The van der Waals surface area contributed by atoms with Crippen LogP contribution in [0, 0.1) is 0 Å². The van der Waals surface area contributed by atoms with Crippen molar-refractivity contribution >= 4 is 29.7 Å². The topological polar surface area (TPSA) is 46.5 Å². The van der Waals surface area contributed by atoms with E-state index in [2.05, 4.69) is 20.9 Å². The summed E-state index contributed by atoms with van der Waals surface area (Å²) in [5.41, 5.74) is 0. The molecule has 0 saturated heterocycles. The van der Waals surface area contributed by atoms with Gasteiger partial charge in [-0.15, -0.1) is 0 Å². The van der Waals surface area contributed by atoms with Gasteiger partial charge in [0.25, 0.3) is 0 Å². The molecule has 0 bridgehead atoms. The van der Waals surface area contributed by atoms with Crippen molar-refractivity contribution in [2.75, 3.05) is 0 Å². The van der Waals surface area contributed by atoms with Crippen LogP contribution in [-0.4, -0.2) is 12.4 Å². The highest BCUT2D eigenvalue weighted by atomic mass is 79.9. The lowest BCUT2D eigenvalue weighted by atomic mass is 10.5. The first-order chi connectivity index (χ1) is 4.59. The molecule has 1 rings (SSSR count). The molecule has 0 fully saturated rings. The molecule has 0 amide bonds. The van der Waals surface area contributed by atoms with Crippen LogP contribution in [0.3, 0.4) is 0 Å². The van der Waals surface area contributed by atoms with E-state index in [0.717, 1.165) is 0 Å². The number of sulfone groups is 1. The predicted molar refractivity (Wildman–Crippen MR) is 43.7 cm³/mol. The second-order valence-corrected chi connectivity index (χ2v) is 5.03. The van der Waals surface area contributed by atoms with Crippen LogP contribution in [-0.2, 0) is 9.84 Å². The number of allylic oxidation sites excluding steroid dienone is 1. The Kier molecular flexibility index (Phi) is 1.96. The summed E-state index contributed by atoms with van der Waals surface area (Å²) in [6, 6.07) is 0. The molecule has 0 spiro atoms. The highest BCUT2D eigenvalue weighted by Crippen LogP contribution is 2.22. The summed E-state index contributed by atoms with van der Waals surface area (Å²) in [6.45, 7) is 1.78. The van der Waals surface area contributed by atoms with Crippen molar-refractivity contribution in [1.82, 2.24) is 0 Å². The normalized spacial score (nSPS) is 22.2. The first kappa shape index (κ1) is 7.94. The number of rotatable bonds is 1. The van der Waals surface area contributed by atoms with Gasteiger partial charge >= 0.3 is 0 Å². The Morgan fingerprint density at radius 3 is 2.50 bits per heavy atom. The summed E-state index contributed by atoms with van der Waals surface area (Å²) in [7, 11) is -3.19. The van der Waals surface area contributed by atoms with Gasteiger partial charge < -0.3 is 0 Å². The number of aliphatic imine (C=N–C) groups is 1. The van der Waals surface area contributed by atoms with Crippen molar-refractivity contribution < 1.29 is 8.42 Å². The molecule has 3 nitrogen and oxygen atoms in total. The number of hydrogen-bond acceptors (Lipinski definition) is 3. The third-order valence-corrected chi connectivity index (χ3v) is 4.34. The summed E-state index contributed by atoms with van der Waals surface area (Å²) in [5, 5.41) is 0. The SMILES string of the molecule is CCC1=CN=C(Br)S1(=O)=O. The molecular formula is C5H6BrNO2S.